The fraction of sp³-hybridized carbons (Fsp3) is 0.222. The minimum atomic E-state index is -4.85. The molecule has 16 heavy (non-hydrogen) atoms. The number of hydrogen-bond acceptors (Lipinski definition) is 3. The topological polar surface area (TPSA) is 60.2 Å². The molecule has 0 aliphatic carbocycles. The molecule has 0 radical (unpaired) electrons. The van der Waals surface area contributed by atoms with Crippen molar-refractivity contribution < 1.29 is 22.9 Å². The first-order valence-electron chi connectivity index (χ1n) is 4.10. The van der Waals surface area contributed by atoms with E-state index in [1.54, 1.807) is 0 Å². The van der Waals surface area contributed by atoms with Crippen LogP contribution in [0.3, 0.4) is 0 Å². The highest BCUT2D eigenvalue weighted by Gasteiger charge is 2.40. The van der Waals surface area contributed by atoms with Crippen molar-refractivity contribution in [3.05, 3.63) is 39.4 Å². The Kier molecular flexibility index (Phi) is 2.97. The average molecular weight is 233 g/mol. The smallest absolute Gasteiger partial charge is 0.294 e. The van der Waals surface area contributed by atoms with Gasteiger partial charge in [-0.25, -0.2) is 0 Å². The Morgan fingerprint density at radius 1 is 1.38 bits per heavy atom. The molecule has 0 heterocycles. The number of nitro benzene ring substituents is 1. The number of nitrogens with zero attached hydrogens (tertiary/aromatic N) is 1. The molecule has 0 atom stereocenters. The van der Waals surface area contributed by atoms with Gasteiger partial charge in [0.1, 0.15) is 5.56 Å². The molecule has 1 aromatic carbocycles. The van der Waals surface area contributed by atoms with Crippen LogP contribution in [-0.2, 0) is 6.18 Å². The lowest BCUT2D eigenvalue weighted by atomic mass is 10.0. The fourth-order valence-corrected chi connectivity index (χ4v) is 1.25. The van der Waals surface area contributed by atoms with E-state index in [0.717, 1.165) is 19.1 Å². The number of para-hydroxylation sites is 1. The summed E-state index contributed by atoms with van der Waals surface area (Å²) in [6, 6.07) is 2.53. The van der Waals surface area contributed by atoms with Gasteiger partial charge in [-0.3, -0.25) is 14.9 Å². The van der Waals surface area contributed by atoms with E-state index in [1.165, 1.54) is 0 Å². The Hall–Kier alpha value is -1.92. The highest BCUT2D eigenvalue weighted by molar-refractivity contribution is 5.98. The van der Waals surface area contributed by atoms with E-state index in [9.17, 15) is 28.1 Å². The maximum absolute atomic E-state index is 12.4. The third-order valence-corrected chi connectivity index (χ3v) is 1.90. The van der Waals surface area contributed by atoms with Crippen LogP contribution in [-0.4, -0.2) is 10.7 Å². The van der Waals surface area contributed by atoms with E-state index >= 15 is 0 Å². The molecule has 0 aliphatic heterocycles. The molecule has 0 aromatic heterocycles. The maximum atomic E-state index is 12.4. The number of nitro groups is 1. The number of benzene rings is 1. The molecule has 1 aromatic rings. The van der Waals surface area contributed by atoms with Crippen molar-refractivity contribution in [3.63, 3.8) is 0 Å². The Morgan fingerprint density at radius 3 is 2.31 bits per heavy atom. The molecule has 4 nitrogen and oxygen atoms in total. The van der Waals surface area contributed by atoms with E-state index < -0.39 is 33.7 Å². The van der Waals surface area contributed by atoms with Gasteiger partial charge in [-0.1, -0.05) is 6.07 Å². The zero-order chi connectivity index (χ0) is 12.5. The minimum Gasteiger partial charge on any atom is -0.294 e. The van der Waals surface area contributed by atoms with Gasteiger partial charge in [-0.2, -0.15) is 13.2 Å². The summed E-state index contributed by atoms with van der Waals surface area (Å²) in [5.74, 6) is -0.780. The van der Waals surface area contributed by atoms with Crippen LogP contribution in [0.25, 0.3) is 0 Å². The second kappa shape index (κ2) is 3.92. The standard InChI is InChI=1S/C9H6F3NO3/c1-5(14)6-3-2-4-7(9(10,11)12)8(6)13(15)16/h2-4H,1H3. The predicted molar refractivity (Wildman–Crippen MR) is 48.1 cm³/mol. The van der Waals surface area contributed by atoms with Crippen LogP contribution in [0, 0.1) is 10.1 Å². The molecule has 0 saturated heterocycles. The Bertz CT molecular complexity index is 454. The lowest BCUT2D eigenvalue weighted by Crippen LogP contribution is -2.12. The molecule has 1 rings (SSSR count). The molecule has 0 saturated carbocycles. The summed E-state index contributed by atoms with van der Waals surface area (Å²) in [5, 5.41) is 10.5. The molecule has 0 amide bonds. The van der Waals surface area contributed by atoms with Crippen LogP contribution in [0.1, 0.15) is 22.8 Å². The SMILES string of the molecule is CC(=O)c1cccc(C(F)(F)F)c1[N+](=O)[O-]. The van der Waals surface area contributed by atoms with Crippen molar-refractivity contribution in [1.82, 2.24) is 0 Å². The van der Waals surface area contributed by atoms with Crippen molar-refractivity contribution in [2.24, 2.45) is 0 Å². The first-order chi connectivity index (χ1) is 7.25. The largest absolute Gasteiger partial charge is 0.423 e. The first-order valence-corrected chi connectivity index (χ1v) is 4.10. The molecule has 0 spiro atoms. The first kappa shape index (κ1) is 12.2. The van der Waals surface area contributed by atoms with Crippen LogP contribution >= 0.6 is 0 Å². The summed E-state index contributed by atoms with van der Waals surface area (Å²) in [6.45, 7) is 0.975. The zero-order valence-corrected chi connectivity index (χ0v) is 8.04. The molecular weight excluding hydrogens is 227 g/mol. The Labute approximate surface area is 87.8 Å². The van der Waals surface area contributed by atoms with Crippen molar-refractivity contribution in [2.75, 3.05) is 0 Å². The molecule has 0 N–H and O–H groups in total. The van der Waals surface area contributed by atoms with Crippen LogP contribution in [0.4, 0.5) is 18.9 Å². The second-order valence-corrected chi connectivity index (χ2v) is 3.01. The highest BCUT2D eigenvalue weighted by Crippen LogP contribution is 2.37. The number of halogens is 3. The van der Waals surface area contributed by atoms with Crippen LogP contribution in [0.15, 0.2) is 18.2 Å². The van der Waals surface area contributed by atoms with Gasteiger partial charge in [0.2, 0.25) is 0 Å². The van der Waals surface area contributed by atoms with E-state index in [0.29, 0.717) is 6.07 Å². The molecule has 0 fully saturated rings. The Morgan fingerprint density at radius 2 is 1.94 bits per heavy atom. The van der Waals surface area contributed by atoms with Gasteiger partial charge in [0, 0.05) is 0 Å². The third-order valence-electron chi connectivity index (χ3n) is 1.90. The van der Waals surface area contributed by atoms with Gasteiger partial charge in [0.25, 0.3) is 5.69 Å². The van der Waals surface area contributed by atoms with Gasteiger partial charge < -0.3 is 0 Å². The van der Waals surface area contributed by atoms with E-state index in [1.807, 2.05) is 0 Å². The molecule has 7 heteroatoms. The number of rotatable bonds is 2. The number of ketones is 1. The summed E-state index contributed by atoms with van der Waals surface area (Å²) in [4.78, 5) is 20.3. The maximum Gasteiger partial charge on any atom is 0.423 e. The van der Waals surface area contributed by atoms with Crippen molar-refractivity contribution in [3.8, 4) is 0 Å². The summed E-state index contributed by atoms with van der Waals surface area (Å²) < 4.78 is 37.3. The van der Waals surface area contributed by atoms with Gasteiger partial charge >= 0.3 is 6.18 Å². The number of carbonyl (C=O) groups is 1. The molecule has 0 unspecified atom stereocenters. The summed E-state index contributed by atoms with van der Waals surface area (Å²) >= 11 is 0. The van der Waals surface area contributed by atoms with Crippen LogP contribution in [0.2, 0.25) is 0 Å². The Balaban J connectivity index is 3.58. The second-order valence-electron chi connectivity index (χ2n) is 3.01. The molecule has 86 valence electrons. The van der Waals surface area contributed by atoms with Gasteiger partial charge in [0.15, 0.2) is 5.78 Å². The summed E-state index contributed by atoms with van der Waals surface area (Å²) in [5.41, 5.74) is -3.15. The monoisotopic (exact) mass is 233 g/mol. The number of carbonyl (C=O) groups excluding carboxylic acids is 1. The lowest BCUT2D eigenvalue weighted by Gasteiger charge is -2.08. The highest BCUT2D eigenvalue weighted by atomic mass is 19.4. The molecular formula is C9H6F3NO3. The van der Waals surface area contributed by atoms with E-state index in [4.69, 9.17) is 0 Å². The van der Waals surface area contributed by atoms with Crippen molar-refractivity contribution in [2.45, 2.75) is 13.1 Å². The predicted octanol–water partition coefficient (Wildman–Crippen LogP) is 2.82. The number of alkyl halides is 3. The van der Waals surface area contributed by atoms with Crippen molar-refractivity contribution >= 4 is 11.5 Å². The van der Waals surface area contributed by atoms with Gasteiger partial charge in [-0.05, 0) is 19.1 Å². The van der Waals surface area contributed by atoms with Crippen LogP contribution in [0.5, 0.6) is 0 Å². The fourth-order valence-electron chi connectivity index (χ4n) is 1.25. The average Bonchev–Trinajstić information content (AvgIpc) is 2.14. The van der Waals surface area contributed by atoms with E-state index in [2.05, 4.69) is 0 Å². The third kappa shape index (κ3) is 2.18. The van der Waals surface area contributed by atoms with Gasteiger partial charge in [0.05, 0.1) is 10.5 Å². The minimum absolute atomic E-state index is 0.542. The van der Waals surface area contributed by atoms with Crippen molar-refractivity contribution in [1.29, 1.82) is 0 Å². The van der Waals surface area contributed by atoms with E-state index in [-0.39, 0.29) is 0 Å². The van der Waals surface area contributed by atoms with Crippen LogP contribution < -0.4 is 0 Å². The lowest BCUT2D eigenvalue weighted by molar-refractivity contribution is -0.388. The van der Waals surface area contributed by atoms with Gasteiger partial charge in [-0.15, -0.1) is 0 Å². The summed E-state index contributed by atoms with van der Waals surface area (Å²) in [7, 11) is 0. The quantitative estimate of drug-likeness (QED) is 0.448. The number of Topliss-reactive ketones (excluding diaryl/α,β-unsaturated/α-hetero) is 1. The molecule has 0 bridgehead atoms. The molecule has 0 aliphatic rings. The summed E-state index contributed by atoms with van der Waals surface area (Å²) in [6.07, 6.45) is -4.85. The normalized spacial score (nSPS) is 11.2. The number of hydrogen-bond donors (Lipinski definition) is 0. The zero-order valence-electron chi connectivity index (χ0n) is 8.04.